The van der Waals surface area contributed by atoms with Crippen molar-refractivity contribution < 1.29 is 9.90 Å². The maximum absolute atomic E-state index is 11.1. The molecule has 1 heterocycles. The van der Waals surface area contributed by atoms with Crippen LogP contribution in [0.25, 0.3) is 11.1 Å². The lowest BCUT2D eigenvalue weighted by Crippen LogP contribution is -2.05. The highest BCUT2D eigenvalue weighted by molar-refractivity contribution is 6.30. The normalized spacial score (nSPS) is 10.2. The SMILES string of the molecule is Nc1ccc(-c2cccc(Cl)c2)c(C(=O)O)n1. The van der Waals surface area contributed by atoms with Crippen LogP contribution in [0.3, 0.4) is 0 Å². The van der Waals surface area contributed by atoms with E-state index in [1.54, 1.807) is 36.4 Å². The first-order valence-electron chi connectivity index (χ1n) is 4.83. The van der Waals surface area contributed by atoms with Gasteiger partial charge in [0.1, 0.15) is 5.82 Å². The van der Waals surface area contributed by atoms with E-state index in [0.29, 0.717) is 16.1 Å². The third-order valence-electron chi connectivity index (χ3n) is 2.25. The van der Waals surface area contributed by atoms with Crippen LogP contribution in [0.15, 0.2) is 36.4 Å². The molecule has 0 atom stereocenters. The highest BCUT2D eigenvalue weighted by atomic mass is 35.5. The highest BCUT2D eigenvalue weighted by Crippen LogP contribution is 2.25. The molecule has 1 aromatic carbocycles. The number of aromatic carboxylic acids is 1. The van der Waals surface area contributed by atoms with Gasteiger partial charge in [-0.15, -0.1) is 0 Å². The third kappa shape index (κ3) is 2.37. The molecule has 0 saturated carbocycles. The van der Waals surface area contributed by atoms with Gasteiger partial charge in [-0.05, 0) is 29.8 Å². The fourth-order valence-electron chi connectivity index (χ4n) is 1.53. The predicted molar refractivity (Wildman–Crippen MR) is 66.1 cm³/mol. The first-order valence-corrected chi connectivity index (χ1v) is 5.21. The van der Waals surface area contributed by atoms with Gasteiger partial charge in [0.15, 0.2) is 5.69 Å². The second-order valence-electron chi connectivity index (χ2n) is 3.45. The summed E-state index contributed by atoms with van der Waals surface area (Å²) in [5.41, 5.74) is 6.59. The van der Waals surface area contributed by atoms with Crippen LogP contribution in [0.4, 0.5) is 5.82 Å². The number of hydrogen-bond donors (Lipinski definition) is 2. The van der Waals surface area contributed by atoms with E-state index < -0.39 is 5.97 Å². The summed E-state index contributed by atoms with van der Waals surface area (Å²) in [6, 6.07) is 10.1. The van der Waals surface area contributed by atoms with E-state index in [1.807, 2.05) is 0 Å². The summed E-state index contributed by atoms with van der Waals surface area (Å²) in [4.78, 5) is 14.9. The average Bonchev–Trinajstić information content (AvgIpc) is 2.28. The number of carboxylic acid groups (broad SMARTS) is 1. The summed E-state index contributed by atoms with van der Waals surface area (Å²) in [6.45, 7) is 0. The van der Waals surface area contributed by atoms with Gasteiger partial charge in [0.2, 0.25) is 0 Å². The fraction of sp³-hybridized carbons (Fsp3) is 0. The van der Waals surface area contributed by atoms with E-state index in [4.69, 9.17) is 22.4 Å². The summed E-state index contributed by atoms with van der Waals surface area (Å²) in [6.07, 6.45) is 0. The summed E-state index contributed by atoms with van der Waals surface area (Å²) in [5.74, 6) is -0.944. The van der Waals surface area contributed by atoms with Crippen molar-refractivity contribution in [2.24, 2.45) is 0 Å². The summed E-state index contributed by atoms with van der Waals surface area (Å²) in [7, 11) is 0. The molecular formula is C12H9ClN2O2. The monoisotopic (exact) mass is 248 g/mol. The predicted octanol–water partition coefficient (Wildman–Crippen LogP) is 2.68. The molecule has 0 saturated heterocycles. The van der Waals surface area contributed by atoms with Gasteiger partial charge in [-0.2, -0.15) is 0 Å². The molecule has 0 unspecified atom stereocenters. The van der Waals surface area contributed by atoms with Crippen LogP contribution >= 0.6 is 11.6 Å². The number of benzene rings is 1. The van der Waals surface area contributed by atoms with Crippen molar-refractivity contribution in [2.75, 3.05) is 5.73 Å². The Morgan fingerprint density at radius 3 is 2.71 bits per heavy atom. The number of nitrogens with zero attached hydrogens (tertiary/aromatic N) is 1. The zero-order chi connectivity index (χ0) is 12.4. The number of aromatic nitrogens is 1. The molecule has 0 bridgehead atoms. The van der Waals surface area contributed by atoms with Crippen molar-refractivity contribution in [2.45, 2.75) is 0 Å². The summed E-state index contributed by atoms with van der Waals surface area (Å²) in [5, 5.41) is 9.61. The maximum Gasteiger partial charge on any atom is 0.355 e. The van der Waals surface area contributed by atoms with Gasteiger partial charge >= 0.3 is 5.97 Å². The number of carbonyl (C=O) groups is 1. The third-order valence-corrected chi connectivity index (χ3v) is 2.49. The molecule has 1 aromatic heterocycles. The van der Waals surface area contributed by atoms with E-state index in [0.717, 1.165) is 0 Å². The van der Waals surface area contributed by atoms with E-state index in [2.05, 4.69) is 4.98 Å². The Morgan fingerprint density at radius 2 is 2.06 bits per heavy atom. The van der Waals surface area contributed by atoms with E-state index in [9.17, 15) is 4.79 Å². The minimum atomic E-state index is -1.12. The first kappa shape index (κ1) is 11.4. The molecular weight excluding hydrogens is 240 g/mol. The first-order chi connectivity index (χ1) is 8.08. The quantitative estimate of drug-likeness (QED) is 0.857. The Bertz CT molecular complexity index is 584. The number of anilines is 1. The molecule has 0 amide bonds. The molecule has 3 N–H and O–H groups in total. The molecule has 5 heteroatoms. The molecule has 86 valence electrons. The number of nitrogen functional groups attached to an aromatic ring is 1. The van der Waals surface area contributed by atoms with Gasteiger partial charge in [0.25, 0.3) is 0 Å². The zero-order valence-corrected chi connectivity index (χ0v) is 9.48. The smallest absolute Gasteiger partial charge is 0.355 e. The average molecular weight is 249 g/mol. The number of hydrogen-bond acceptors (Lipinski definition) is 3. The van der Waals surface area contributed by atoms with Crippen LogP contribution in [0, 0.1) is 0 Å². The molecule has 0 aliphatic carbocycles. The van der Waals surface area contributed by atoms with Crippen molar-refractivity contribution in [1.82, 2.24) is 4.98 Å². The minimum Gasteiger partial charge on any atom is -0.476 e. The van der Waals surface area contributed by atoms with Gasteiger partial charge in [-0.25, -0.2) is 9.78 Å². The number of rotatable bonds is 2. The van der Waals surface area contributed by atoms with Gasteiger partial charge < -0.3 is 10.8 Å². The van der Waals surface area contributed by atoms with E-state index in [-0.39, 0.29) is 11.5 Å². The molecule has 0 fully saturated rings. The van der Waals surface area contributed by atoms with Crippen molar-refractivity contribution in [3.05, 3.63) is 47.1 Å². The van der Waals surface area contributed by atoms with Crippen LogP contribution in [-0.4, -0.2) is 16.1 Å². The van der Waals surface area contributed by atoms with Crippen molar-refractivity contribution in [3.63, 3.8) is 0 Å². The molecule has 4 nitrogen and oxygen atoms in total. The Hall–Kier alpha value is -2.07. The van der Waals surface area contributed by atoms with Gasteiger partial charge in [-0.1, -0.05) is 23.7 Å². The lowest BCUT2D eigenvalue weighted by atomic mass is 10.0. The lowest BCUT2D eigenvalue weighted by molar-refractivity contribution is 0.0691. The van der Waals surface area contributed by atoms with Gasteiger partial charge in [0, 0.05) is 10.6 Å². The minimum absolute atomic E-state index is 0.0766. The Morgan fingerprint density at radius 1 is 1.29 bits per heavy atom. The molecule has 0 aliphatic rings. The van der Waals surface area contributed by atoms with Crippen LogP contribution < -0.4 is 5.73 Å². The molecule has 0 aliphatic heterocycles. The molecule has 17 heavy (non-hydrogen) atoms. The topological polar surface area (TPSA) is 76.2 Å². The molecule has 2 aromatic rings. The van der Waals surface area contributed by atoms with Crippen molar-refractivity contribution >= 4 is 23.4 Å². The van der Waals surface area contributed by atoms with Gasteiger partial charge in [0.05, 0.1) is 0 Å². The summed E-state index contributed by atoms with van der Waals surface area (Å²) >= 11 is 5.87. The highest BCUT2D eigenvalue weighted by Gasteiger charge is 2.14. The van der Waals surface area contributed by atoms with Gasteiger partial charge in [-0.3, -0.25) is 0 Å². The largest absolute Gasteiger partial charge is 0.476 e. The van der Waals surface area contributed by atoms with E-state index in [1.165, 1.54) is 0 Å². The maximum atomic E-state index is 11.1. The molecule has 0 spiro atoms. The second-order valence-corrected chi connectivity index (χ2v) is 3.88. The lowest BCUT2D eigenvalue weighted by Gasteiger charge is -2.06. The van der Waals surface area contributed by atoms with Crippen LogP contribution in [0.5, 0.6) is 0 Å². The molecule has 0 radical (unpaired) electrons. The molecule has 2 rings (SSSR count). The Kier molecular flexibility index (Phi) is 2.97. The van der Waals surface area contributed by atoms with Crippen molar-refractivity contribution in [3.8, 4) is 11.1 Å². The Balaban J connectivity index is 2.63. The number of nitrogens with two attached hydrogens (primary N) is 1. The number of carboxylic acids is 1. The van der Waals surface area contributed by atoms with E-state index >= 15 is 0 Å². The standard InChI is InChI=1S/C12H9ClN2O2/c13-8-3-1-2-7(6-8)9-4-5-10(14)15-11(9)12(16)17/h1-6H,(H2,14,15)(H,16,17). The number of pyridine rings is 1. The van der Waals surface area contributed by atoms with Crippen molar-refractivity contribution in [1.29, 1.82) is 0 Å². The van der Waals surface area contributed by atoms with Crippen LogP contribution in [-0.2, 0) is 0 Å². The zero-order valence-electron chi connectivity index (χ0n) is 8.72. The van der Waals surface area contributed by atoms with Crippen LogP contribution in [0.2, 0.25) is 5.02 Å². The number of halogens is 1. The fourth-order valence-corrected chi connectivity index (χ4v) is 1.72. The summed E-state index contributed by atoms with van der Waals surface area (Å²) < 4.78 is 0. The van der Waals surface area contributed by atoms with Crippen LogP contribution in [0.1, 0.15) is 10.5 Å². The second kappa shape index (κ2) is 4.43. The Labute approximate surface area is 103 Å².